The summed E-state index contributed by atoms with van der Waals surface area (Å²) < 4.78 is 3.48. The fourth-order valence-electron chi connectivity index (χ4n) is 4.02. The van der Waals surface area contributed by atoms with Gasteiger partial charge in [-0.05, 0) is 63.5 Å². The lowest BCUT2D eigenvalue weighted by Crippen LogP contribution is -2.35. The first-order valence-electron chi connectivity index (χ1n) is 9.66. The van der Waals surface area contributed by atoms with Crippen molar-refractivity contribution < 1.29 is 0 Å². The van der Waals surface area contributed by atoms with E-state index in [2.05, 4.69) is 15.4 Å². The molecular formula is C21H22N6O. The van der Waals surface area contributed by atoms with Crippen LogP contribution in [0.2, 0.25) is 0 Å². The molecule has 1 aliphatic rings. The fraction of sp³-hybridized carbons (Fsp3) is 0.333. The number of fused-ring (bicyclic) bond motifs is 2. The summed E-state index contributed by atoms with van der Waals surface area (Å²) in [6.07, 6.45) is 5.59. The fourth-order valence-corrected chi connectivity index (χ4v) is 4.02. The molecule has 1 fully saturated rings. The number of nitrogens with one attached hydrogen (secondary N) is 1. The van der Waals surface area contributed by atoms with Crippen LogP contribution in [0.25, 0.3) is 27.7 Å². The van der Waals surface area contributed by atoms with Crippen LogP contribution in [-0.2, 0) is 0 Å². The molecule has 4 aromatic rings. The quantitative estimate of drug-likeness (QED) is 0.584. The molecule has 0 saturated carbocycles. The van der Waals surface area contributed by atoms with Gasteiger partial charge in [0.2, 0.25) is 0 Å². The number of imidazole rings is 1. The first-order valence-corrected chi connectivity index (χ1v) is 9.66. The third-order valence-electron chi connectivity index (χ3n) is 5.49. The first kappa shape index (κ1) is 17.1. The molecule has 1 aliphatic heterocycles. The zero-order valence-electron chi connectivity index (χ0n) is 16.0. The molecule has 5 rings (SSSR count). The molecule has 4 heterocycles. The normalized spacial score (nSPS) is 15.5. The number of aromatic nitrogens is 5. The maximum Gasteiger partial charge on any atom is 0.274 e. The lowest BCUT2D eigenvalue weighted by molar-refractivity contribution is 0.333. The minimum absolute atomic E-state index is 0.0132. The highest BCUT2D eigenvalue weighted by Crippen LogP contribution is 2.24. The highest BCUT2D eigenvalue weighted by Gasteiger charge is 2.18. The molecule has 0 spiro atoms. The van der Waals surface area contributed by atoms with Gasteiger partial charge in [0, 0.05) is 10.9 Å². The van der Waals surface area contributed by atoms with Gasteiger partial charge in [-0.1, -0.05) is 6.07 Å². The summed E-state index contributed by atoms with van der Waals surface area (Å²) in [4.78, 5) is 17.5. The van der Waals surface area contributed by atoms with Gasteiger partial charge < -0.3 is 5.32 Å². The number of hydrogen-bond acceptors (Lipinski definition) is 5. The Kier molecular flexibility index (Phi) is 3.98. The van der Waals surface area contributed by atoms with Crippen molar-refractivity contribution in [3.8, 4) is 11.3 Å². The molecule has 7 heteroatoms. The second-order valence-corrected chi connectivity index (χ2v) is 7.54. The van der Waals surface area contributed by atoms with Crippen molar-refractivity contribution in [2.45, 2.75) is 32.7 Å². The third-order valence-corrected chi connectivity index (χ3v) is 5.49. The Bertz CT molecular complexity index is 1250. The van der Waals surface area contributed by atoms with Gasteiger partial charge >= 0.3 is 0 Å². The van der Waals surface area contributed by atoms with Crippen molar-refractivity contribution in [3.63, 3.8) is 0 Å². The van der Waals surface area contributed by atoms with E-state index in [1.165, 1.54) is 0 Å². The molecule has 7 nitrogen and oxygen atoms in total. The van der Waals surface area contributed by atoms with Crippen molar-refractivity contribution in [1.29, 1.82) is 0 Å². The first-order chi connectivity index (χ1) is 13.6. The van der Waals surface area contributed by atoms with Crippen LogP contribution in [-0.4, -0.2) is 37.5 Å². The minimum Gasteiger partial charge on any atom is -0.317 e. The summed E-state index contributed by atoms with van der Waals surface area (Å²) in [7, 11) is 0. The molecular weight excluding hydrogens is 352 g/mol. The Morgan fingerprint density at radius 1 is 1.14 bits per heavy atom. The van der Waals surface area contributed by atoms with Crippen molar-refractivity contribution in [2.24, 2.45) is 0 Å². The van der Waals surface area contributed by atoms with Crippen molar-refractivity contribution in [2.75, 3.05) is 13.1 Å². The Balaban J connectivity index is 1.59. The van der Waals surface area contributed by atoms with Crippen LogP contribution in [0.4, 0.5) is 0 Å². The Morgan fingerprint density at radius 2 is 1.96 bits per heavy atom. The van der Waals surface area contributed by atoms with E-state index in [0.29, 0.717) is 5.39 Å². The van der Waals surface area contributed by atoms with Crippen LogP contribution >= 0.6 is 0 Å². The Hall–Kier alpha value is -3.06. The van der Waals surface area contributed by atoms with Gasteiger partial charge in [0.05, 0.1) is 35.2 Å². The summed E-state index contributed by atoms with van der Waals surface area (Å²) in [5.74, 6) is 0. The molecule has 28 heavy (non-hydrogen) atoms. The minimum atomic E-state index is -0.0132. The second kappa shape index (κ2) is 6.53. The molecule has 0 unspecified atom stereocenters. The largest absolute Gasteiger partial charge is 0.317 e. The molecule has 0 bridgehead atoms. The van der Waals surface area contributed by atoms with E-state index < -0.39 is 0 Å². The molecule has 0 amide bonds. The summed E-state index contributed by atoms with van der Waals surface area (Å²) >= 11 is 0. The predicted molar refractivity (Wildman–Crippen MR) is 109 cm³/mol. The van der Waals surface area contributed by atoms with E-state index in [4.69, 9.17) is 5.10 Å². The van der Waals surface area contributed by atoms with Crippen LogP contribution in [0.1, 0.15) is 30.1 Å². The lowest BCUT2D eigenvalue weighted by atomic mass is 10.0. The maximum absolute atomic E-state index is 13.0. The lowest BCUT2D eigenvalue weighted by Gasteiger charge is -2.23. The van der Waals surface area contributed by atoms with E-state index in [0.717, 1.165) is 59.5 Å². The molecule has 1 saturated heterocycles. The number of rotatable bonds is 2. The zero-order valence-corrected chi connectivity index (χ0v) is 16.0. The smallest absolute Gasteiger partial charge is 0.274 e. The number of nitrogens with zero attached hydrogens (tertiary/aromatic N) is 5. The number of hydrogen-bond donors (Lipinski definition) is 1. The number of piperidine rings is 1. The highest BCUT2D eigenvalue weighted by molar-refractivity contribution is 5.85. The topological polar surface area (TPSA) is 77.1 Å². The van der Waals surface area contributed by atoms with Gasteiger partial charge in [0.25, 0.3) is 5.56 Å². The predicted octanol–water partition coefficient (Wildman–Crippen LogP) is 2.65. The van der Waals surface area contributed by atoms with Crippen molar-refractivity contribution >= 4 is 16.4 Å². The zero-order chi connectivity index (χ0) is 19.3. The SMILES string of the molecule is Cc1cn2nc(-c3ccc4c(=O)n(C5CCNCC5)ncc4c3)cc(C)c2n1. The molecule has 1 aromatic carbocycles. The molecule has 3 aromatic heterocycles. The van der Waals surface area contributed by atoms with E-state index >= 15 is 0 Å². The van der Waals surface area contributed by atoms with Gasteiger partial charge in [0.1, 0.15) is 0 Å². The number of benzene rings is 1. The van der Waals surface area contributed by atoms with Gasteiger partial charge in [-0.15, -0.1) is 0 Å². The molecule has 1 N–H and O–H groups in total. The van der Waals surface area contributed by atoms with Gasteiger partial charge in [-0.2, -0.15) is 10.2 Å². The summed E-state index contributed by atoms with van der Waals surface area (Å²) in [6, 6.07) is 8.06. The van der Waals surface area contributed by atoms with E-state index in [9.17, 15) is 4.79 Å². The summed E-state index contributed by atoms with van der Waals surface area (Å²) in [5, 5.41) is 14.0. The van der Waals surface area contributed by atoms with Gasteiger partial charge in [-0.3, -0.25) is 4.79 Å². The second-order valence-electron chi connectivity index (χ2n) is 7.54. The van der Waals surface area contributed by atoms with Crippen molar-refractivity contribution in [1.82, 2.24) is 29.7 Å². The van der Waals surface area contributed by atoms with Gasteiger partial charge in [0.15, 0.2) is 5.65 Å². The number of aryl methyl sites for hydroxylation is 2. The average molecular weight is 374 g/mol. The van der Waals surface area contributed by atoms with E-state index in [-0.39, 0.29) is 11.6 Å². The van der Waals surface area contributed by atoms with Crippen LogP contribution in [0.5, 0.6) is 0 Å². The summed E-state index contributed by atoms with van der Waals surface area (Å²) in [5.41, 5.74) is 4.68. The molecule has 0 radical (unpaired) electrons. The molecule has 0 atom stereocenters. The van der Waals surface area contributed by atoms with Crippen LogP contribution in [0, 0.1) is 13.8 Å². The third kappa shape index (κ3) is 2.79. The van der Waals surface area contributed by atoms with E-state index in [1.54, 1.807) is 10.9 Å². The summed E-state index contributed by atoms with van der Waals surface area (Å²) in [6.45, 7) is 5.85. The Labute approximate surface area is 162 Å². The molecule has 142 valence electrons. The van der Waals surface area contributed by atoms with Crippen LogP contribution in [0.3, 0.4) is 0 Å². The van der Waals surface area contributed by atoms with E-state index in [1.807, 2.05) is 48.8 Å². The van der Waals surface area contributed by atoms with Crippen LogP contribution in [0.15, 0.2) is 41.5 Å². The molecule has 0 aliphatic carbocycles. The van der Waals surface area contributed by atoms with Crippen molar-refractivity contribution in [3.05, 3.63) is 58.3 Å². The maximum atomic E-state index is 13.0. The highest BCUT2D eigenvalue weighted by atomic mass is 16.1. The monoisotopic (exact) mass is 374 g/mol. The average Bonchev–Trinajstić information content (AvgIpc) is 3.09. The van der Waals surface area contributed by atoms with Crippen LogP contribution < -0.4 is 10.9 Å². The van der Waals surface area contributed by atoms with Gasteiger partial charge in [-0.25, -0.2) is 14.2 Å². The standard InChI is InChI=1S/C21H22N6O/c1-13-9-19(25-26-12-14(2)24-20(13)26)15-3-4-18-16(10-15)11-23-27(21(18)28)17-5-7-22-8-6-17/h3-4,9-12,17,22H,5-8H2,1-2H3. The Morgan fingerprint density at radius 3 is 2.79 bits per heavy atom.